The molecule has 3 aromatic rings. The molecule has 0 saturated heterocycles. The predicted molar refractivity (Wildman–Crippen MR) is 130 cm³/mol. The standard InChI is InChI=1S/C25H27N3O5S/c1-19-9-14-23(33-3)24(15-19)34(30,31)28(17-21-7-5-4-6-8-21)18-25(29)27-26-16-20-10-12-22(32-2)13-11-20/h4-16H,17-18H2,1-3H3,(H,27,29). The van der Waals surface area contributed by atoms with E-state index in [9.17, 15) is 13.2 Å². The molecule has 178 valence electrons. The summed E-state index contributed by atoms with van der Waals surface area (Å²) in [5.74, 6) is 0.340. The van der Waals surface area contributed by atoms with Crippen molar-refractivity contribution >= 4 is 22.1 Å². The summed E-state index contributed by atoms with van der Waals surface area (Å²) < 4.78 is 38.7. The molecule has 1 amide bonds. The largest absolute Gasteiger partial charge is 0.497 e. The Kier molecular flexibility index (Phi) is 8.39. The van der Waals surface area contributed by atoms with Crippen LogP contribution in [0.3, 0.4) is 0 Å². The molecule has 0 bridgehead atoms. The Balaban J connectivity index is 1.82. The van der Waals surface area contributed by atoms with Crippen molar-refractivity contribution < 1.29 is 22.7 Å². The second kappa shape index (κ2) is 11.4. The monoisotopic (exact) mass is 481 g/mol. The van der Waals surface area contributed by atoms with Crippen molar-refractivity contribution in [2.45, 2.75) is 18.4 Å². The van der Waals surface area contributed by atoms with Crippen molar-refractivity contribution in [2.24, 2.45) is 5.10 Å². The molecular formula is C25H27N3O5S. The fourth-order valence-electron chi connectivity index (χ4n) is 3.20. The first-order valence-electron chi connectivity index (χ1n) is 10.5. The number of hydrogen-bond acceptors (Lipinski definition) is 6. The molecule has 0 radical (unpaired) electrons. The second-order valence-corrected chi connectivity index (χ2v) is 9.39. The molecule has 34 heavy (non-hydrogen) atoms. The van der Waals surface area contributed by atoms with Crippen molar-refractivity contribution in [1.29, 1.82) is 0 Å². The van der Waals surface area contributed by atoms with E-state index < -0.39 is 22.5 Å². The molecular weight excluding hydrogens is 454 g/mol. The molecule has 9 heteroatoms. The van der Waals surface area contributed by atoms with E-state index in [-0.39, 0.29) is 17.2 Å². The third-order valence-corrected chi connectivity index (χ3v) is 6.79. The number of hydrazone groups is 1. The summed E-state index contributed by atoms with van der Waals surface area (Å²) in [5, 5.41) is 3.95. The number of carbonyl (C=O) groups is 1. The fraction of sp³-hybridized carbons (Fsp3) is 0.200. The van der Waals surface area contributed by atoms with Gasteiger partial charge in [0.15, 0.2) is 0 Å². The lowest BCUT2D eigenvalue weighted by molar-refractivity contribution is -0.121. The molecule has 0 aliphatic carbocycles. The first kappa shape index (κ1) is 24.9. The Morgan fingerprint density at radius 3 is 2.35 bits per heavy atom. The zero-order valence-electron chi connectivity index (χ0n) is 19.3. The molecule has 0 heterocycles. The SMILES string of the molecule is COc1ccc(C=NNC(=O)CN(Cc2ccccc2)S(=O)(=O)c2cc(C)ccc2OC)cc1. The van der Waals surface area contributed by atoms with Crippen LogP contribution in [0.25, 0.3) is 0 Å². The summed E-state index contributed by atoms with van der Waals surface area (Å²) in [5.41, 5.74) is 4.65. The highest BCUT2D eigenvalue weighted by Crippen LogP contribution is 2.28. The van der Waals surface area contributed by atoms with Crippen LogP contribution in [-0.4, -0.2) is 45.6 Å². The molecule has 0 aliphatic rings. The Morgan fingerprint density at radius 1 is 1.00 bits per heavy atom. The minimum atomic E-state index is -4.06. The minimum Gasteiger partial charge on any atom is -0.497 e. The molecule has 8 nitrogen and oxygen atoms in total. The van der Waals surface area contributed by atoms with E-state index in [0.717, 1.165) is 21.0 Å². The minimum absolute atomic E-state index is 0.000431. The molecule has 0 unspecified atom stereocenters. The van der Waals surface area contributed by atoms with Gasteiger partial charge in [-0.2, -0.15) is 9.41 Å². The van der Waals surface area contributed by atoms with Crippen LogP contribution in [0.4, 0.5) is 0 Å². The maximum Gasteiger partial charge on any atom is 0.255 e. The molecule has 0 aromatic heterocycles. The van der Waals surface area contributed by atoms with Gasteiger partial charge in [-0.05, 0) is 60.0 Å². The molecule has 1 N–H and O–H groups in total. The topological polar surface area (TPSA) is 97.3 Å². The number of aryl methyl sites for hydroxylation is 1. The number of nitrogens with zero attached hydrogens (tertiary/aromatic N) is 2. The summed E-state index contributed by atoms with van der Waals surface area (Å²) in [7, 11) is -1.08. The van der Waals surface area contributed by atoms with E-state index in [2.05, 4.69) is 10.5 Å². The van der Waals surface area contributed by atoms with Gasteiger partial charge in [-0.1, -0.05) is 36.4 Å². The van der Waals surface area contributed by atoms with Gasteiger partial charge in [0.05, 0.1) is 27.0 Å². The van der Waals surface area contributed by atoms with Gasteiger partial charge >= 0.3 is 0 Å². The average molecular weight is 482 g/mol. The van der Waals surface area contributed by atoms with E-state index in [4.69, 9.17) is 9.47 Å². The number of methoxy groups -OCH3 is 2. The van der Waals surface area contributed by atoms with E-state index in [1.807, 2.05) is 18.2 Å². The predicted octanol–water partition coefficient (Wildman–Crippen LogP) is 3.35. The Labute approximate surface area is 199 Å². The van der Waals surface area contributed by atoms with Gasteiger partial charge in [-0.3, -0.25) is 4.79 Å². The van der Waals surface area contributed by atoms with Gasteiger partial charge in [0.2, 0.25) is 10.0 Å². The number of hydrogen-bond donors (Lipinski definition) is 1. The zero-order chi connectivity index (χ0) is 24.6. The van der Waals surface area contributed by atoms with Crippen LogP contribution >= 0.6 is 0 Å². The second-order valence-electron chi connectivity index (χ2n) is 7.48. The van der Waals surface area contributed by atoms with Gasteiger partial charge in [-0.15, -0.1) is 0 Å². The van der Waals surface area contributed by atoms with Gasteiger partial charge < -0.3 is 9.47 Å². The highest BCUT2D eigenvalue weighted by Gasteiger charge is 2.30. The molecule has 0 aliphatic heterocycles. The summed E-state index contributed by atoms with van der Waals surface area (Å²) >= 11 is 0. The van der Waals surface area contributed by atoms with Crippen LogP contribution in [0.1, 0.15) is 16.7 Å². The van der Waals surface area contributed by atoms with Gasteiger partial charge in [0.1, 0.15) is 16.4 Å². The van der Waals surface area contributed by atoms with Crippen LogP contribution in [0.2, 0.25) is 0 Å². The maximum absolute atomic E-state index is 13.6. The Bertz CT molecular complexity index is 1240. The van der Waals surface area contributed by atoms with Crippen molar-refractivity contribution in [2.75, 3.05) is 20.8 Å². The van der Waals surface area contributed by atoms with Gasteiger partial charge in [-0.25, -0.2) is 13.8 Å². The van der Waals surface area contributed by atoms with E-state index >= 15 is 0 Å². The normalized spacial score (nSPS) is 11.5. The summed E-state index contributed by atoms with van der Waals surface area (Å²) in [6, 6.07) is 21.1. The first-order valence-corrected chi connectivity index (χ1v) is 11.9. The van der Waals surface area contributed by atoms with E-state index in [1.54, 1.807) is 62.6 Å². The van der Waals surface area contributed by atoms with Crippen molar-refractivity contribution in [3.63, 3.8) is 0 Å². The third-order valence-electron chi connectivity index (χ3n) is 4.98. The van der Waals surface area contributed by atoms with Gasteiger partial charge in [0, 0.05) is 6.54 Å². The smallest absolute Gasteiger partial charge is 0.255 e. The number of nitrogens with one attached hydrogen (secondary N) is 1. The average Bonchev–Trinajstić information content (AvgIpc) is 2.84. The van der Waals surface area contributed by atoms with Crippen LogP contribution in [0, 0.1) is 6.92 Å². The molecule has 3 aromatic carbocycles. The van der Waals surface area contributed by atoms with E-state index in [1.165, 1.54) is 19.4 Å². The first-order chi connectivity index (χ1) is 16.3. The number of rotatable bonds is 10. The number of benzene rings is 3. The van der Waals surface area contributed by atoms with Crippen LogP contribution in [-0.2, 0) is 21.4 Å². The molecule has 0 fully saturated rings. The summed E-state index contributed by atoms with van der Waals surface area (Å²) in [6.45, 7) is 1.38. The number of sulfonamides is 1. The number of ether oxygens (including phenoxy) is 2. The van der Waals surface area contributed by atoms with Crippen molar-refractivity contribution in [1.82, 2.24) is 9.73 Å². The molecule has 0 spiro atoms. The van der Waals surface area contributed by atoms with Gasteiger partial charge in [0.25, 0.3) is 5.91 Å². The van der Waals surface area contributed by atoms with Crippen LogP contribution < -0.4 is 14.9 Å². The lowest BCUT2D eigenvalue weighted by Crippen LogP contribution is -2.39. The number of amides is 1. The Hall–Kier alpha value is -3.69. The van der Waals surface area contributed by atoms with Crippen molar-refractivity contribution in [3.05, 3.63) is 89.5 Å². The summed E-state index contributed by atoms with van der Waals surface area (Å²) in [6.07, 6.45) is 1.47. The molecule has 0 saturated carbocycles. The maximum atomic E-state index is 13.6. The summed E-state index contributed by atoms with van der Waals surface area (Å²) in [4.78, 5) is 12.7. The third kappa shape index (κ3) is 6.43. The van der Waals surface area contributed by atoms with E-state index in [0.29, 0.717) is 5.75 Å². The number of carbonyl (C=O) groups excluding carboxylic acids is 1. The van der Waals surface area contributed by atoms with Crippen LogP contribution in [0.5, 0.6) is 11.5 Å². The fourth-order valence-corrected chi connectivity index (χ4v) is 4.83. The molecule has 0 atom stereocenters. The molecule has 3 rings (SSSR count). The quantitative estimate of drug-likeness (QED) is 0.354. The highest BCUT2D eigenvalue weighted by molar-refractivity contribution is 7.89. The lowest BCUT2D eigenvalue weighted by atomic mass is 10.2. The van der Waals surface area contributed by atoms with Crippen molar-refractivity contribution in [3.8, 4) is 11.5 Å². The van der Waals surface area contributed by atoms with Crippen LogP contribution in [0.15, 0.2) is 82.8 Å². The highest BCUT2D eigenvalue weighted by atomic mass is 32.2. The Morgan fingerprint density at radius 2 is 1.71 bits per heavy atom. The lowest BCUT2D eigenvalue weighted by Gasteiger charge is -2.23. The zero-order valence-corrected chi connectivity index (χ0v) is 20.1.